The monoisotopic (exact) mass is 275 g/mol. The van der Waals surface area contributed by atoms with Crippen molar-refractivity contribution >= 4 is 17.2 Å². The SMILES string of the molecule is CCc1nc(C)sc1C(=O)NC1CNCC1(F)F. The fourth-order valence-electron chi connectivity index (χ4n) is 1.92. The van der Waals surface area contributed by atoms with Crippen molar-refractivity contribution < 1.29 is 13.6 Å². The molecule has 0 bridgehead atoms. The molecular formula is C11H15F2N3OS. The molecule has 1 unspecified atom stereocenters. The van der Waals surface area contributed by atoms with Crippen LogP contribution in [0.2, 0.25) is 0 Å². The van der Waals surface area contributed by atoms with Gasteiger partial charge in [0.1, 0.15) is 10.9 Å². The van der Waals surface area contributed by atoms with Crippen LogP contribution >= 0.6 is 11.3 Å². The van der Waals surface area contributed by atoms with E-state index < -0.39 is 17.9 Å². The molecule has 18 heavy (non-hydrogen) atoms. The van der Waals surface area contributed by atoms with E-state index >= 15 is 0 Å². The molecule has 4 nitrogen and oxygen atoms in total. The standard InChI is InChI=1S/C11H15F2N3OS/c1-3-7-9(18-6(2)15-7)10(17)16-8-4-14-5-11(8,12)13/h8,14H,3-5H2,1-2H3,(H,16,17). The first-order chi connectivity index (χ1) is 8.44. The van der Waals surface area contributed by atoms with Gasteiger partial charge in [-0.15, -0.1) is 11.3 Å². The maximum absolute atomic E-state index is 13.4. The van der Waals surface area contributed by atoms with E-state index in [2.05, 4.69) is 15.6 Å². The summed E-state index contributed by atoms with van der Waals surface area (Å²) >= 11 is 1.24. The summed E-state index contributed by atoms with van der Waals surface area (Å²) < 4.78 is 26.8. The Bertz CT molecular complexity index is 461. The molecule has 1 atom stereocenters. The molecule has 1 amide bonds. The second-order valence-corrected chi connectivity index (χ2v) is 5.48. The van der Waals surface area contributed by atoms with Crippen LogP contribution in [0.1, 0.15) is 27.3 Å². The number of halogens is 2. The average molecular weight is 275 g/mol. The summed E-state index contributed by atoms with van der Waals surface area (Å²) in [5, 5.41) is 5.74. The zero-order chi connectivity index (χ0) is 13.3. The Morgan fingerprint density at radius 2 is 2.39 bits per heavy atom. The van der Waals surface area contributed by atoms with Gasteiger partial charge in [0, 0.05) is 6.54 Å². The summed E-state index contributed by atoms with van der Waals surface area (Å²) in [7, 11) is 0. The molecule has 1 aromatic rings. The maximum Gasteiger partial charge on any atom is 0.281 e. The second kappa shape index (κ2) is 4.89. The summed E-state index contributed by atoms with van der Waals surface area (Å²) in [5.74, 6) is -3.34. The van der Waals surface area contributed by atoms with Crippen molar-refractivity contribution in [3.05, 3.63) is 15.6 Å². The number of nitrogens with one attached hydrogen (secondary N) is 2. The zero-order valence-electron chi connectivity index (χ0n) is 10.2. The number of thiazole rings is 1. The first kappa shape index (κ1) is 13.4. The molecule has 1 aliphatic rings. The Kier molecular flexibility index (Phi) is 3.63. The lowest BCUT2D eigenvalue weighted by atomic mass is 10.2. The number of aryl methyl sites for hydroxylation is 2. The molecular weight excluding hydrogens is 260 g/mol. The largest absolute Gasteiger partial charge is 0.341 e. The van der Waals surface area contributed by atoms with E-state index in [-0.39, 0.29) is 13.1 Å². The number of hydrogen-bond acceptors (Lipinski definition) is 4. The van der Waals surface area contributed by atoms with Crippen LogP contribution in [0, 0.1) is 6.92 Å². The third-order valence-electron chi connectivity index (χ3n) is 2.87. The van der Waals surface area contributed by atoms with E-state index in [0.29, 0.717) is 17.0 Å². The Hall–Kier alpha value is -1.08. The second-order valence-electron chi connectivity index (χ2n) is 4.28. The smallest absolute Gasteiger partial charge is 0.281 e. The summed E-state index contributed by atoms with van der Waals surface area (Å²) in [6, 6.07) is -1.14. The highest BCUT2D eigenvalue weighted by Crippen LogP contribution is 2.24. The lowest BCUT2D eigenvalue weighted by Gasteiger charge is -2.18. The first-order valence-electron chi connectivity index (χ1n) is 5.79. The number of aromatic nitrogens is 1. The Balaban J connectivity index is 2.12. The van der Waals surface area contributed by atoms with Gasteiger partial charge in [-0.25, -0.2) is 13.8 Å². The molecule has 0 radical (unpaired) electrons. The molecule has 1 aromatic heterocycles. The van der Waals surface area contributed by atoms with Crippen molar-refractivity contribution in [3.63, 3.8) is 0 Å². The van der Waals surface area contributed by atoms with Crippen molar-refractivity contribution in [2.45, 2.75) is 32.2 Å². The van der Waals surface area contributed by atoms with Gasteiger partial charge in [0.25, 0.3) is 11.8 Å². The van der Waals surface area contributed by atoms with Crippen LogP contribution in [0.15, 0.2) is 0 Å². The van der Waals surface area contributed by atoms with Crippen molar-refractivity contribution in [1.82, 2.24) is 15.6 Å². The van der Waals surface area contributed by atoms with Gasteiger partial charge in [-0.2, -0.15) is 0 Å². The minimum atomic E-state index is -2.89. The Morgan fingerprint density at radius 1 is 1.67 bits per heavy atom. The molecule has 0 saturated carbocycles. The number of carbonyl (C=O) groups is 1. The average Bonchev–Trinajstić information content (AvgIpc) is 2.82. The highest BCUT2D eigenvalue weighted by atomic mass is 32.1. The summed E-state index contributed by atoms with van der Waals surface area (Å²) in [6.45, 7) is 3.39. The van der Waals surface area contributed by atoms with E-state index in [4.69, 9.17) is 0 Å². The number of alkyl halides is 2. The number of nitrogens with zero attached hydrogens (tertiary/aromatic N) is 1. The van der Waals surface area contributed by atoms with Gasteiger partial charge in [0.05, 0.1) is 17.2 Å². The molecule has 2 heterocycles. The topological polar surface area (TPSA) is 54.0 Å². The van der Waals surface area contributed by atoms with Crippen LogP contribution in [-0.4, -0.2) is 35.9 Å². The Labute approximate surface area is 108 Å². The van der Waals surface area contributed by atoms with Crippen LogP contribution in [0.25, 0.3) is 0 Å². The molecule has 1 saturated heterocycles. The number of amides is 1. The van der Waals surface area contributed by atoms with Crippen molar-refractivity contribution in [3.8, 4) is 0 Å². The van der Waals surface area contributed by atoms with Crippen LogP contribution < -0.4 is 10.6 Å². The fraction of sp³-hybridized carbons (Fsp3) is 0.636. The number of hydrogen-bond donors (Lipinski definition) is 2. The lowest BCUT2D eigenvalue weighted by Crippen LogP contribution is -2.46. The van der Waals surface area contributed by atoms with E-state index in [1.54, 1.807) is 6.92 Å². The Morgan fingerprint density at radius 3 is 2.94 bits per heavy atom. The van der Waals surface area contributed by atoms with Crippen LogP contribution in [-0.2, 0) is 6.42 Å². The van der Waals surface area contributed by atoms with Crippen LogP contribution in [0.4, 0.5) is 8.78 Å². The van der Waals surface area contributed by atoms with Crippen LogP contribution in [0.3, 0.4) is 0 Å². The van der Waals surface area contributed by atoms with Gasteiger partial charge in [0.15, 0.2) is 0 Å². The minimum Gasteiger partial charge on any atom is -0.341 e. The molecule has 2 N–H and O–H groups in total. The highest BCUT2D eigenvalue weighted by Gasteiger charge is 2.45. The van der Waals surface area contributed by atoms with Gasteiger partial charge in [-0.3, -0.25) is 4.79 Å². The third-order valence-corrected chi connectivity index (χ3v) is 3.88. The predicted octanol–water partition coefficient (Wildman–Crippen LogP) is 1.35. The van der Waals surface area contributed by atoms with Crippen molar-refractivity contribution in [1.29, 1.82) is 0 Å². The van der Waals surface area contributed by atoms with Gasteiger partial charge >= 0.3 is 0 Å². The fourth-order valence-corrected chi connectivity index (χ4v) is 2.83. The van der Waals surface area contributed by atoms with E-state index in [1.165, 1.54) is 11.3 Å². The van der Waals surface area contributed by atoms with E-state index in [0.717, 1.165) is 5.01 Å². The summed E-state index contributed by atoms with van der Waals surface area (Å²) in [4.78, 5) is 16.6. The molecule has 1 aliphatic heterocycles. The molecule has 0 aromatic carbocycles. The first-order valence-corrected chi connectivity index (χ1v) is 6.61. The van der Waals surface area contributed by atoms with Gasteiger partial charge in [0.2, 0.25) is 0 Å². The molecule has 0 aliphatic carbocycles. The van der Waals surface area contributed by atoms with Gasteiger partial charge in [-0.1, -0.05) is 6.92 Å². The maximum atomic E-state index is 13.4. The number of rotatable bonds is 3. The molecule has 0 spiro atoms. The van der Waals surface area contributed by atoms with Crippen molar-refractivity contribution in [2.24, 2.45) is 0 Å². The third kappa shape index (κ3) is 2.51. The molecule has 7 heteroatoms. The van der Waals surface area contributed by atoms with Crippen LogP contribution in [0.5, 0.6) is 0 Å². The quantitative estimate of drug-likeness (QED) is 0.875. The molecule has 1 fully saturated rings. The lowest BCUT2D eigenvalue weighted by molar-refractivity contribution is -0.00243. The van der Waals surface area contributed by atoms with Gasteiger partial charge < -0.3 is 10.6 Å². The predicted molar refractivity (Wildman–Crippen MR) is 65.3 cm³/mol. The molecule has 100 valence electrons. The molecule has 2 rings (SSSR count). The van der Waals surface area contributed by atoms with E-state index in [9.17, 15) is 13.6 Å². The zero-order valence-corrected chi connectivity index (χ0v) is 11.0. The van der Waals surface area contributed by atoms with E-state index in [1.807, 2.05) is 6.92 Å². The number of carbonyl (C=O) groups excluding carboxylic acids is 1. The van der Waals surface area contributed by atoms with Gasteiger partial charge in [-0.05, 0) is 13.3 Å². The summed E-state index contributed by atoms with van der Waals surface area (Å²) in [5.41, 5.74) is 0.671. The summed E-state index contributed by atoms with van der Waals surface area (Å²) in [6.07, 6.45) is 0.617. The minimum absolute atomic E-state index is 0.0952. The highest BCUT2D eigenvalue weighted by molar-refractivity contribution is 7.13. The normalized spacial score (nSPS) is 22.1. The van der Waals surface area contributed by atoms with Crippen molar-refractivity contribution in [2.75, 3.05) is 13.1 Å².